The first-order valence-corrected chi connectivity index (χ1v) is 12.8. The summed E-state index contributed by atoms with van der Waals surface area (Å²) in [5.41, 5.74) is -0.162. The van der Waals surface area contributed by atoms with Crippen LogP contribution in [-0.2, 0) is 20.9 Å². The van der Waals surface area contributed by atoms with Gasteiger partial charge >= 0.3 is 12.1 Å². The topological polar surface area (TPSA) is 102 Å². The van der Waals surface area contributed by atoms with E-state index in [1.165, 1.54) is 42.5 Å². The number of ether oxygens (including phenoxy) is 1. The van der Waals surface area contributed by atoms with Crippen molar-refractivity contribution in [3.05, 3.63) is 89.0 Å². The highest BCUT2D eigenvalue weighted by molar-refractivity contribution is 7.92. The number of amides is 1. The smallest absolute Gasteiger partial charge is 0.416 e. The molecule has 0 bridgehead atoms. The zero-order chi connectivity index (χ0) is 27.2. The maximum absolute atomic E-state index is 13.0. The molecule has 7 nitrogen and oxygen atoms in total. The molecule has 37 heavy (non-hydrogen) atoms. The van der Waals surface area contributed by atoms with Crippen molar-refractivity contribution in [3.8, 4) is 0 Å². The van der Waals surface area contributed by atoms with E-state index in [1.54, 1.807) is 6.92 Å². The number of esters is 1. The third kappa shape index (κ3) is 7.32. The molecule has 0 aliphatic rings. The van der Waals surface area contributed by atoms with Crippen molar-refractivity contribution in [2.45, 2.75) is 37.8 Å². The summed E-state index contributed by atoms with van der Waals surface area (Å²) in [6.45, 7) is 3.83. The van der Waals surface area contributed by atoms with E-state index in [4.69, 9.17) is 4.74 Å². The average Bonchev–Trinajstić information content (AvgIpc) is 2.84. The fraction of sp³-hybridized carbons (Fsp3) is 0.231. The number of alkyl halides is 3. The molecular weight excluding hydrogens is 509 g/mol. The van der Waals surface area contributed by atoms with E-state index in [0.29, 0.717) is 12.2 Å². The second-order valence-electron chi connectivity index (χ2n) is 8.18. The van der Waals surface area contributed by atoms with Gasteiger partial charge in [-0.05, 0) is 73.5 Å². The number of aryl methyl sites for hydroxylation is 1. The molecule has 3 rings (SSSR count). The Morgan fingerprint density at radius 2 is 1.65 bits per heavy atom. The molecular formula is C26H25F3N2O5S. The molecule has 1 amide bonds. The highest BCUT2D eigenvalue weighted by Gasteiger charge is 2.30. The minimum atomic E-state index is -4.58. The van der Waals surface area contributed by atoms with Crippen LogP contribution >= 0.6 is 0 Å². The van der Waals surface area contributed by atoms with Crippen molar-refractivity contribution in [1.82, 2.24) is 0 Å². The molecule has 0 spiro atoms. The number of hydrogen-bond acceptors (Lipinski definition) is 5. The minimum Gasteiger partial charge on any atom is -0.462 e. The second kappa shape index (κ2) is 11.5. The van der Waals surface area contributed by atoms with Crippen LogP contribution in [0.3, 0.4) is 0 Å². The normalized spacial score (nSPS) is 11.6. The molecule has 0 fully saturated rings. The van der Waals surface area contributed by atoms with Gasteiger partial charge in [0.25, 0.3) is 15.9 Å². The van der Waals surface area contributed by atoms with Crippen molar-refractivity contribution in [2.24, 2.45) is 0 Å². The predicted molar refractivity (Wildman–Crippen MR) is 133 cm³/mol. The molecule has 0 aliphatic heterocycles. The highest BCUT2D eigenvalue weighted by Crippen LogP contribution is 2.31. The predicted octanol–water partition coefficient (Wildman–Crippen LogP) is 6.02. The number of carbonyl (C=O) groups is 2. The molecule has 3 aromatic carbocycles. The standard InChI is InChI=1S/C26H25F3N2O5S/c1-3-4-14-36-25(33)18-9-11-20(12-10-18)31-37(34,35)22-13-8-17(2)23(16-22)24(32)30-21-7-5-6-19(15-21)26(27,28)29/h5-13,15-16,31H,3-4,14H2,1-2H3,(H,30,32). The number of anilines is 2. The van der Waals surface area contributed by atoms with Gasteiger partial charge in [-0.2, -0.15) is 13.2 Å². The maximum atomic E-state index is 13.0. The molecule has 0 aliphatic carbocycles. The van der Waals surface area contributed by atoms with E-state index in [0.717, 1.165) is 37.1 Å². The number of unbranched alkanes of at least 4 members (excludes halogenated alkanes) is 1. The Morgan fingerprint density at radius 3 is 2.30 bits per heavy atom. The lowest BCUT2D eigenvalue weighted by Gasteiger charge is -2.13. The van der Waals surface area contributed by atoms with E-state index in [1.807, 2.05) is 6.92 Å². The molecule has 196 valence electrons. The van der Waals surface area contributed by atoms with Gasteiger partial charge in [0.05, 0.1) is 22.6 Å². The van der Waals surface area contributed by atoms with Gasteiger partial charge in [0.2, 0.25) is 0 Å². The van der Waals surface area contributed by atoms with Crippen LogP contribution in [0.15, 0.2) is 71.6 Å². The third-order valence-electron chi connectivity index (χ3n) is 5.32. The first-order valence-electron chi connectivity index (χ1n) is 11.3. The lowest BCUT2D eigenvalue weighted by Crippen LogP contribution is -2.17. The van der Waals surface area contributed by atoms with Gasteiger partial charge in [0.1, 0.15) is 0 Å². The van der Waals surface area contributed by atoms with Crippen molar-refractivity contribution >= 4 is 33.3 Å². The van der Waals surface area contributed by atoms with Gasteiger partial charge in [-0.1, -0.05) is 25.5 Å². The van der Waals surface area contributed by atoms with E-state index >= 15 is 0 Å². The third-order valence-corrected chi connectivity index (χ3v) is 6.69. The van der Waals surface area contributed by atoms with E-state index in [-0.39, 0.29) is 27.4 Å². The van der Waals surface area contributed by atoms with Crippen LogP contribution in [0.2, 0.25) is 0 Å². The van der Waals surface area contributed by atoms with Crippen molar-refractivity contribution in [3.63, 3.8) is 0 Å². The summed E-state index contributed by atoms with van der Waals surface area (Å²) in [5, 5.41) is 2.38. The van der Waals surface area contributed by atoms with Gasteiger partial charge < -0.3 is 10.1 Å². The van der Waals surface area contributed by atoms with Crippen molar-refractivity contribution in [2.75, 3.05) is 16.6 Å². The Kier molecular flexibility index (Phi) is 8.59. The number of hydrogen-bond donors (Lipinski definition) is 2. The SMILES string of the molecule is CCCCOC(=O)c1ccc(NS(=O)(=O)c2ccc(C)c(C(=O)Nc3cccc(C(F)(F)F)c3)c2)cc1. The van der Waals surface area contributed by atoms with Crippen LogP contribution < -0.4 is 10.0 Å². The van der Waals surface area contributed by atoms with Crippen molar-refractivity contribution in [1.29, 1.82) is 0 Å². The molecule has 0 saturated heterocycles. The Balaban J connectivity index is 1.76. The Hall–Kier alpha value is -3.86. The van der Waals surface area contributed by atoms with Crippen molar-refractivity contribution < 1.29 is 35.9 Å². The van der Waals surface area contributed by atoms with E-state index in [2.05, 4.69) is 10.0 Å². The molecule has 0 radical (unpaired) electrons. The van der Waals surface area contributed by atoms with Crippen LogP contribution in [-0.4, -0.2) is 26.9 Å². The molecule has 0 saturated carbocycles. The molecule has 0 aromatic heterocycles. The van der Waals surface area contributed by atoms with Gasteiger partial charge in [0.15, 0.2) is 0 Å². The van der Waals surface area contributed by atoms with E-state index in [9.17, 15) is 31.2 Å². The fourth-order valence-corrected chi connectivity index (χ4v) is 4.35. The minimum absolute atomic E-state index is 0.0227. The summed E-state index contributed by atoms with van der Waals surface area (Å²) in [4.78, 5) is 24.6. The van der Waals surface area contributed by atoms with Crippen LogP contribution in [0.5, 0.6) is 0 Å². The summed E-state index contributed by atoms with van der Waals surface area (Å²) in [6.07, 6.45) is -2.97. The average molecular weight is 535 g/mol. The Labute approximate surface area is 212 Å². The Morgan fingerprint density at radius 1 is 0.946 bits per heavy atom. The van der Waals surface area contributed by atoms with E-state index < -0.39 is 33.6 Å². The van der Waals surface area contributed by atoms with Gasteiger partial charge in [-0.3, -0.25) is 9.52 Å². The largest absolute Gasteiger partial charge is 0.462 e. The first-order chi connectivity index (χ1) is 17.4. The summed E-state index contributed by atoms with van der Waals surface area (Å²) in [6, 6.07) is 13.7. The van der Waals surface area contributed by atoms with Crippen LogP contribution in [0.1, 0.15) is 51.6 Å². The number of benzene rings is 3. The summed E-state index contributed by atoms with van der Waals surface area (Å²) >= 11 is 0. The van der Waals surface area contributed by atoms with Crippen LogP contribution in [0.4, 0.5) is 24.5 Å². The molecule has 11 heteroatoms. The number of sulfonamides is 1. The molecule has 0 atom stereocenters. The highest BCUT2D eigenvalue weighted by atomic mass is 32.2. The molecule has 2 N–H and O–H groups in total. The molecule has 0 unspecified atom stereocenters. The monoisotopic (exact) mass is 534 g/mol. The van der Waals surface area contributed by atoms with Gasteiger partial charge in [-0.25, -0.2) is 13.2 Å². The van der Waals surface area contributed by atoms with Crippen LogP contribution in [0, 0.1) is 6.92 Å². The lowest BCUT2D eigenvalue weighted by atomic mass is 10.1. The quantitative estimate of drug-likeness (QED) is 0.258. The molecule has 0 heterocycles. The zero-order valence-corrected chi connectivity index (χ0v) is 20.9. The summed E-state index contributed by atoms with van der Waals surface area (Å²) in [7, 11) is -4.13. The van der Waals surface area contributed by atoms with Gasteiger partial charge in [0, 0.05) is 16.9 Å². The summed E-state index contributed by atoms with van der Waals surface area (Å²) in [5.74, 6) is -1.28. The Bertz CT molecular complexity index is 1390. The number of halogens is 3. The number of carbonyl (C=O) groups excluding carboxylic acids is 2. The molecule has 3 aromatic rings. The van der Waals surface area contributed by atoms with Gasteiger partial charge in [-0.15, -0.1) is 0 Å². The second-order valence-corrected chi connectivity index (χ2v) is 9.86. The lowest BCUT2D eigenvalue weighted by molar-refractivity contribution is -0.137. The van der Waals surface area contributed by atoms with Crippen LogP contribution in [0.25, 0.3) is 0 Å². The fourth-order valence-electron chi connectivity index (χ4n) is 3.27. The number of nitrogens with one attached hydrogen (secondary N) is 2. The summed E-state index contributed by atoms with van der Waals surface area (Å²) < 4.78 is 72.3. The number of rotatable bonds is 9. The first kappa shape index (κ1) is 27.7. The maximum Gasteiger partial charge on any atom is 0.416 e. The zero-order valence-electron chi connectivity index (χ0n) is 20.1.